The highest BCUT2D eigenvalue weighted by atomic mass is 19.4. The van der Waals surface area contributed by atoms with Gasteiger partial charge in [-0.1, -0.05) is 42.5 Å². The Morgan fingerprint density at radius 3 is 2.47 bits per heavy atom. The smallest absolute Gasteiger partial charge is 0.429 e. The van der Waals surface area contributed by atoms with Crippen molar-refractivity contribution in [2.24, 2.45) is 5.73 Å². The fourth-order valence-corrected chi connectivity index (χ4v) is 3.58. The lowest BCUT2D eigenvalue weighted by Crippen LogP contribution is -2.32. The van der Waals surface area contributed by atoms with Gasteiger partial charge in [0.05, 0.1) is 17.7 Å². The molecule has 2 heterocycles. The number of para-hydroxylation sites is 1. The number of anilines is 1. The van der Waals surface area contributed by atoms with Crippen LogP contribution in [-0.2, 0) is 11.2 Å². The molecule has 36 heavy (non-hydrogen) atoms. The van der Waals surface area contributed by atoms with E-state index in [1.54, 1.807) is 30.3 Å². The van der Waals surface area contributed by atoms with Crippen molar-refractivity contribution in [1.82, 2.24) is 19.5 Å². The first-order valence-electron chi connectivity index (χ1n) is 10.6. The van der Waals surface area contributed by atoms with Crippen LogP contribution < -0.4 is 16.2 Å². The van der Waals surface area contributed by atoms with Gasteiger partial charge in [0, 0.05) is 29.6 Å². The average molecular weight is 498 g/mol. The van der Waals surface area contributed by atoms with Gasteiger partial charge in [-0.2, -0.15) is 18.2 Å². The van der Waals surface area contributed by atoms with Gasteiger partial charge in [-0.15, -0.1) is 0 Å². The number of rotatable bonds is 8. The molecule has 2 aromatic carbocycles. The van der Waals surface area contributed by atoms with Gasteiger partial charge in [0.15, 0.2) is 0 Å². The topological polar surface area (TPSA) is 142 Å². The summed E-state index contributed by atoms with van der Waals surface area (Å²) in [7, 11) is 0. The van der Waals surface area contributed by atoms with Gasteiger partial charge >= 0.3 is 12.1 Å². The van der Waals surface area contributed by atoms with Crippen LogP contribution in [0, 0.1) is 0 Å². The number of carbonyl (C=O) groups is 1. The van der Waals surface area contributed by atoms with Crippen LogP contribution in [0.15, 0.2) is 73.3 Å². The molecule has 4 rings (SSSR count). The maximum Gasteiger partial charge on any atom is 0.429 e. The van der Waals surface area contributed by atoms with E-state index in [4.69, 9.17) is 21.3 Å². The number of halogens is 3. The van der Waals surface area contributed by atoms with Gasteiger partial charge < -0.3 is 25.9 Å². The van der Waals surface area contributed by atoms with Crippen LogP contribution in [0.2, 0.25) is 0 Å². The molecule has 2 aromatic heterocycles. The van der Waals surface area contributed by atoms with Crippen molar-refractivity contribution in [3.05, 3.63) is 84.4 Å². The van der Waals surface area contributed by atoms with Gasteiger partial charge in [-0.25, -0.2) is 9.97 Å². The highest BCUT2D eigenvalue weighted by molar-refractivity contribution is 5.73. The first-order chi connectivity index (χ1) is 17.1. The molecule has 0 aliphatic carbocycles. The fourth-order valence-electron chi connectivity index (χ4n) is 3.58. The van der Waals surface area contributed by atoms with Crippen molar-refractivity contribution < 1.29 is 27.8 Å². The number of hydrogen-bond donors (Lipinski definition) is 3. The molecule has 5 N–H and O–H groups in total. The van der Waals surface area contributed by atoms with Gasteiger partial charge in [0.25, 0.3) is 0 Å². The number of imidazole rings is 1. The molecule has 0 saturated heterocycles. The Labute approximate surface area is 203 Å². The van der Waals surface area contributed by atoms with E-state index >= 15 is 0 Å². The molecule has 0 spiro atoms. The zero-order valence-corrected chi connectivity index (χ0v) is 18.6. The third-order valence-corrected chi connectivity index (χ3v) is 5.28. The minimum Gasteiger partial charge on any atom is -0.480 e. The number of aliphatic carboxylic acids is 1. The molecule has 0 amide bonds. The summed E-state index contributed by atoms with van der Waals surface area (Å²) in [4.78, 5) is 22.8. The number of carboxylic acids is 1. The SMILES string of the molecule is Nc1nc(OC(c2ccccc2-n2ccnc2)C(F)(F)F)cc(-c2ccc(CC(N)C(=O)O)cc2)n1. The predicted molar refractivity (Wildman–Crippen MR) is 124 cm³/mol. The van der Waals surface area contributed by atoms with Crippen LogP contribution in [0.3, 0.4) is 0 Å². The number of nitrogens with two attached hydrogens (primary N) is 2. The predicted octanol–water partition coefficient (Wildman–Crippen LogP) is 3.55. The second-order valence-electron chi connectivity index (χ2n) is 7.86. The summed E-state index contributed by atoms with van der Waals surface area (Å²) in [5.41, 5.74) is 12.9. The standard InChI is InChI=1S/C24H21F3N6O3/c25-24(26,27)21(16-3-1-2-4-19(16)33-10-9-30-13-33)36-20-12-18(31-23(29)32-20)15-7-5-14(6-8-15)11-17(28)22(34)35/h1-10,12-13,17,21H,11,28H2,(H,34,35)(H2,29,31,32). The summed E-state index contributed by atoms with van der Waals surface area (Å²) in [5, 5.41) is 8.97. The van der Waals surface area contributed by atoms with Crippen LogP contribution in [0.4, 0.5) is 19.1 Å². The van der Waals surface area contributed by atoms with Crippen molar-refractivity contribution in [2.75, 3.05) is 5.73 Å². The van der Waals surface area contributed by atoms with Gasteiger partial charge in [0.1, 0.15) is 6.04 Å². The lowest BCUT2D eigenvalue weighted by molar-refractivity contribution is -0.198. The van der Waals surface area contributed by atoms with Crippen LogP contribution >= 0.6 is 0 Å². The largest absolute Gasteiger partial charge is 0.480 e. The van der Waals surface area contributed by atoms with E-state index in [1.165, 1.54) is 47.6 Å². The van der Waals surface area contributed by atoms with Crippen LogP contribution in [0.5, 0.6) is 5.88 Å². The molecule has 0 aliphatic heterocycles. The summed E-state index contributed by atoms with van der Waals surface area (Å²) in [6, 6.07) is 12.7. The Morgan fingerprint density at radius 1 is 1.11 bits per heavy atom. The Balaban J connectivity index is 1.65. The average Bonchev–Trinajstić information content (AvgIpc) is 3.37. The van der Waals surface area contributed by atoms with Crippen LogP contribution in [-0.4, -0.2) is 42.8 Å². The van der Waals surface area contributed by atoms with Crippen molar-refractivity contribution in [3.8, 4) is 22.8 Å². The third kappa shape index (κ3) is 5.61. The monoisotopic (exact) mass is 498 g/mol. The molecular formula is C24H21F3N6O3. The number of nitrogen functional groups attached to an aromatic ring is 1. The van der Waals surface area contributed by atoms with Gasteiger partial charge in [-0.05, 0) is 18.1 Å². The first-order valence-corrected chi connectivity index (χ1v) is 10.6. The lowest BCUT2D eigenvalue weighted by atomic mass is 10.0. The van der Waals surface area contributed by atoms with Crippen molar-refractivity contribution in [2.45, 2.75) is 24.7 Å². The van der Waals surface area contributed by atoms with Crippen molar-refractivity contribution in [3.63, 3.8) is 0 Å². The molecule has 0 bridgehead atoms. The number of nitrogens with zero attached hydrogens (tertiary/aromatic N) is 4. The molecule has 0 saturated carbocycles. The number of ether oxygens (including phenoxy) is 1. The number of aromatic nitrogens is 4. The van der Waals surface area contributed by atoms with Gasteiger partial charge in [-0.3, -0.25) is 4.79 Å². The quantitative estimate of drug-likeness (QED) is 0.335. The first kappa shape index (κ1) is 24.7. The fraction of sp³-hybridized carbons (Fsp3) is 0.167. The van der Waals surface area contributed by atoms with Crippen LogP contribution in [0.1, 0.15) is 17.2 Å². The summed E-state index contributed by atoms with van der Waals surface area (Å²) >= 11 is 0. The zero-order valence-electron chi connectivity index (χ0n) is 18.6. The number of benzene rings is 2. The molecule has 12 heteroatoms. The Hall–Kier alpha value is -4.45. The minimum atomic E-state index is -4.78. The molecule has 9 nitrogen and oxygen atoms in total. The van der Waals surface area contributed by atoms with E-state index in [2.05, 4.69) is 15.0 Å². The van der Waals surface area contributed by atoms with Crippen LogP contribution in [0.25, 0.3) is 16.9 Å². The van der Waals surface area contributed by atoms with Gasteiger partial charge in [0.2, 0.25) is 17.9 Å². The van der Waals surface area contributed by atoms with E-state index < -0.39 is 24.3 Å². The molecule has 2 unspecified atom stereocenters. The summed E-state index contributed by atoms with van der Waals surface area (Å²) in [6.45, 7) is 0. The maximum atomic E-state index is 14.2. The second kappa shape index (κ2) is 10.0. The van der Waals surface area contributed by atoms with Crippen molar-refractivity contribution in [1.29, 1.82) is 0 Å². The van der Waals surface area contributed by atoms with E-state index in [0.29, 0.717) is 11.1 Å². The van der Waals surface area contributed by atoms with E-state index in [1.807, 2.05) is 0 Å². The Morgan fingerprint density at radius 2 is 1.83 bits per heavy atom. The Bertz CT molecular complexity index is 1340. The highest BCUT2D eigenvalue weighted by Crippen LogP contribution is 2.39. The molecule has 186 valence electrons. The summed E-state index contributed by atoms with van der Waals surface area (Å²) in [5.74, 6) is -1.76. The molecule has 0 aliphatic rings. The molecule has 0 radical (unpaired) electrons. The van der Waals surface area contributed by atoms with E-state index in [9.17, 15) is 18.0 Å². The number of hydrogen-bond acceptors (Lipinski definition) is 7. The normalized spacial score (nSPS) is 13.2. The highest BCUT2D eigenvalue weighted by Gasteiger charge is 2.44. The van der Waals surface area contributed by atoms with Crippen molar-refractivity contribution >= 4 is 11.9 Å². The third-order valence-electron chi connectivity index (χ3n) is 5.28. The summed E-state index contributed by atoms with van der Waals surface area (Å²) < 4.78 is 49.3. The maximum absolute atomic E-state index is 14.2. The molecule has 2 atom stereocenters. The molecular weight excluding hydrogens is 477 g/mol. The second-order valence-corrected chi connectivity index (χ2v) is 7.86. The minimum absolute atomic E-state index is 0.111. The van der Waals surface area contributed by atoms with E-state index in [0.717, 1.165) is 0 Å². The summed E-state index contributed by atoms with van der Waals surface area (Å²) in [6.07, 6.45) is -2.64. The Kier molecular flexibility index (Phi) is 6.88. The lowest BCUT2D eigenvalue weighted by Gasteiger charge is -2.24. The molecule has 0 fully saturated rings. The molecule has 4 aromatic rings. The number of carboxylic acid groups (broad SMARTS) is 1. The van der Waals surface area contributed by atoms with E-state index in [-0.39, 0.29) is 35.2 Å². The number of alkyl halides is 3. The zero-order chi connectivity index (χ0) is 25.9.